The minimum atomic E-state index is -0.949. The fourth-order valence-corrected chi connectivity index (χ4v) is 0.278. The molecule has 0 radical (unpaired) electrons. The molecule has 0 aromatic rings. The molecular formula is C5H10O3. The number of hydrogen-bond acceptors (Lipinski definition) is 3. The molecule has 0 aliphatic carbocycles. The number of aliphatic hydroxyl groups is 1. The average Bonchev–Trinajstić information content (AvgIpc) is 1.83. The van der Waals surface area contributed by atoms with Gasteiger partial charge in [0.2, 0.25) is 0 Å². The Morgan fingerprint density at radius 2 is 2.50 bits per heavy atom. The zero-order valence-corrected chi connectivity index (χ0v) is 4.83. The lowest BCUT2D eigenvalue weighted by atomic mass is 10.4. The molecule has 0 aromatic carbocycles. The van der Waals surface area contributed by atoms with E-state index in [1.807, 2.05) is 0 Å². The Bertz CT molecular complexity index is 62.7. The van der Waals surface area contributed by atoms with Gasteiger partial charge in [-0.3, -0.25) is 0 Å². The maximum atomic E-state index is 9.68. The van der Waals surface area contributed by atoms with Crippen LogP contribution in [0.4, 0.5) is 0 Å². The quantitative estimate of drug-likeness (QED) is 0.510. The molecule has 0 aliphatic rings. The molecule has 8 heavy (non-hydrogen) atoms. The monoisotopic (exact) mass is 118 g/mol. The molecule has 1 unspecified atom stereocenters. The molecule has 1 atom stereocenters. The third-order valence-electron chi connectivity index (χ3n) is 0.650. The second-order valence-electron chi connectivity index (χ2n) is 1.36. The molecule has 1 N–H and O–H groups in total. The van der Waals surface area contributed by atoms with Gasteiger partial charge in [0.15, 0.2) is 6.29 Å². The summed E-state index contributed by atoms with van der Waals surface area (Å²) in [5.74, 6) is 0. The fraction of sp³-hybridized carbons (Fsp3) is 0.800. The van der Waals surface area contributed by atoms with Crippen molar-refractivity contribution >= 4 is 6.29 Å². The average molecular weight is 118 g/mol. The normalized spacial score (nSPS) is 13.2. The first-order valence-corrected chi connectivity index (χ1v) is 2.52. The predicted molar refractivity (Wildman–Crippen MR) is 28.6 cm³/mol. The van der Waals surface area contributed by atoms with E-state index in [-0.39, 0.29) is 6.61 Å². The summed E-state index contributed by atoms with van der Waals surface area (Å²) in [5, 5.41) is 8.50. The van der Waals surface area contributed by atoms with E-state index in [0.29, 0.717) is 12.9 Å². The lowest BCUT2D eigenvalue weighted by Gasteiger charge is -1.99. The van der Waals surface area contributed by atoms with Crippen molar-refractivity contribution in [1.29, 1.82) is 0 Å². The van der Waals surface area contributed by atoms with E-state index in [1.54, 1.807) is 6.92 Å². The number of aldehydes is 1. The van der Waals surface area contributed by atoms with Crippen LogP contribution in [0.25, 0.3) is 0 Å². The van der Waals surface area contributed by atoms with Crippen molar-refractivity contribution in [2.75, 3.05) is 13.2 Å². The van der Waals surface area contributed by atoms with Gasteiger partial charge in [-0.2, -0.15) is 0 Å². The molecule has 3 heteroatoms. The highest BCUT2D eigenvalue weighted by Crippen LogP contribution is 1.78. The van der Waals surface area contributed by atoms with Crippen molar-refractivity contribution in [3.05, 3.63) is 0 Å². The van der Waals surface area contributed by atoms with E-state index < -0.39 is 6.10 Å². The van der Waals surface area contributed by atoms with Crippen LogP contribution in [0.5, 0.6) is 0 Å². The van der Waals surface area contributed by atoms with E-state index in [2.05, 4.69) is 0 Å². The van der Waals surface area contributed by atoms with Crippen LogP contribution in [0.2, 0.25) is 0 Å². The summed E-state index contributed by atoms with van der Waals surface area (Å²) in [6.07, 6.45) is -0.495. The van der Waals surface area contributed by atoms with Crippen LogP contribution in [0.15, 0.2) is 0 Å². The first kappa shape index (κ1) is 7.59. The first-order valence-electron chi connectivity index (χ1n) is 2.52. The van der Waals surface area contributed by atoms with Gasteiger partial charge in [0.25, 0.3) is 0 Å². The topological polar surface area (TPSA) is 46.5 Å². The molecule has 0 rings (SSSR count). The number of hydrogen-bond donors (Lipinski definition) is 1. The SMILES string of the molecule is CCOCC(O)C=O. The minimum absolute atomic E-state index is 0.111. The van der Waals surface area contributed by atoms with Gasteiger partial charge in [0, 0.05) is 6.61 Å². The summed E-state index contributed by atoms with van der Waals surface area (Å²) >= 11 is 0. The number of ether oxygens (including phenoxy) is 1. The molecule has 0 saturated carbocycles. The van der Waals surface area contributed by atoms with E-state index in [9.17, 15) is 4.79 Å². The molecule has 0 heterocycles. The summed E-state index contributed by atoms with van der Waals surface area (Å²) in [7, 11) is 0. The number of rotatable bonds is 4. The largest absolute Gasteiger partial charge is 0.383 e. The Kier molecular flexibility index (Phi) is 4.50. The first-order chi connectivity index (χ1) is 3.81. The zero-order valence-electron chi connectivity index (χ0n) is 4.83. The highest BCUT2D eigenvalue weighted by molar-refractivity contribution is 5.55. The summed E-state index contributed by atoms with van der Waals surface area (Å²) < 4.78 is 4.70. The van der Waals surface area contributed by atoms with E-state index in [1.165, 1.54) is 0 Å². The predicted octanol–water partition coefficient (Wildman–Crippen LogP) is -0.417. The van der Waals surface area contributed by atoms with Crippen molar-refractivity contribution in [3.63, 3.8) is 0 Å². The fourth-order valence-electron chi connectivity index (χ4n) is 0.278. The second kappa shape index (κ2) is 4.74. The van der Waals surface area contributed by atoms with Gasteiger partial charge < -0.3 is 14.6 Å². The van der Waals surface area contributed by atoms with E-state index in [0.717, 1.165) is 0 Å². The number of carbonyl (C=O) groups is 1. The second-order valence-corrected chi connectivity index (χ2v) is 1.36. The standard InChI is InChI=1S/C5H10O3/c1-2-8-4-5(7)3-6/h3,5,7H,2,4H2,1H3. The Balaban J connectivity index is 2.98. The van der Waals surface area contributed by atoms with Crippen LogP contribution in [0.3, 0.4) is 0 Å². The van der Waals surface area contributed by atoms with Gasteiger partial charge in [0.1, 0.15) is 6.10 Å². The molecule has 0 spiro atoms. The van der Waals surface area contributed by atoms with Gasteiger partial charge in [-0.15, -0.1) is 0 Å². The maximum Gasteiger partial charge on any atom is 0.150 e. The molecule has 0 aromatic heterocycles. The van der Waals surface area contributed by atoms with Gasteiger partial charge in [-0.05, 0) is 6.92 Å². The molecule has 0 bridgehead atoms. The zero-order chi connectivity index (χ0) is 6.41. The molecule has 0 aliphatic heterocycles. The summed E-state index contributed by atoms with van der Waals surface area (Å²) in [6.45, 7) is 2.45. The summed E-state index contributed by atoms with van der Waals surface area (Å²) in [6, 6.07) is 0. The summed E-state index contributed by atoms with van der Waals surface area (Å²) in [4.78, 5) is 9.68. The molecular weight excluding hydrogens is 108 g/mol. The third kappa shape index (κ3) is 3.77. The van der Waals surface area contributed by atoms with Crippen LogP contribution >= 0.6 is 0 Å². The molecule has 48 valence electrons. The van der Waals surface area contributed by atoms with Crippen LogP contribution in [-0.4, -0.2) is 30.7 Å². The Morgan fingerprint density at radius 1 is 1.88 bits per heavy atom. The molecule has 0 amide bonds. The van der Waals surface area contributed by atoms with Gasteiger partial charge in [-0.25, -0.2) is 0 Å². The number of carbonyl (C=O) groups excluding carboxylic acids is 1. The van der Waals surface area contributed by atoms with Crippen molar-refractivity contribution in [3.8, 4) is 0 Å². The van der Waals surface area contributed by atoms with Gasteiger partial charge in [-0.1, -0.05) is 0 Å². The van der Waals surface area contributed by atoms with Crippen LogP contribution in [-0.2, 0) is 9.53 Å². The van der Waals surface area contributed by atoms with Crippen molar-refractivity contribution in [2.45, 2.75) is 13.0 Å². The Labute approximate surface area is 48.3 Å². The minimum Gasteiger partial charge on any atom is -0.383 e. The Hall–Kier alpha value is -0.410. The van der Waals surface area contributed by atoms with Gasteiger partial charge >= 0.3 is 0 Å². The molecule has 0 fully saturated rings. The van der Waals surface area contributed by atoms with Crippen molar-refractivity contribution < 1.29 is 14.6 Å². The van der Waals surface area contributed by atoms with Crippen LogP contribution < -0.4 is 0 Å². The maximum absolute atomic E-state index is 9.68. The smallest absolute Gasteiger partial charge is 0.150 e. The lowest BCUT2D eigenvalue weighted by molar-refractivity contribution is -0.117. The van der Waals surface area contributed by atoms with Crippen molar-refractivity contribution in [2.24, 2.45) is 0 Å². The Morgan fingerprint density at radius 3 is 2.88 bits per heavy atom. The van der Waals surface area contributed by atoms with E-state index >= 15 is 0 Å². The highest BCUT2D eigenvalue weighted by Gasteiger charge is 1.97. The highest BCUT2D eigenvalue weighted by atomic mass is 16.5. The lowest BCUT2D eigenvalue weighted by Crippen LogP contribution is -2.15. The summed E-state index contributed by atoms with van der Waals surface area (Å²) in [5.41, 5.74) is 0. The van der Waals surface area contributed by atoms with Crippen LogP contribution in [0.1, 0.15) is 6.92 Å². The molecule has 3 nitrogen and oxygen atoms in total. The van der Waals surface area contributed by atoms with E-state index in [4.69, 9.17) is 9.84 Å². The van der Waals surface area contributed by atoms with Gasteiger partial charge in [0.05, 0.1) is 6.61 Å². The third-order valence-corrected chi connectivity index (χ3v) is 0.650. The number of aliphatic hydroxyl groups excluding tert-OH is 1. The van der Waals surface area contributed by atoms with Crippen LogP contribution in [0, 0.1) is 0 Å². The molecule has 0 saturated heterocycles. The van der Waals surface area contributed by atoms with Crippen molar-refractivity contribution in [1.82, 2.24) is 0 Å².